The maximum atomic E-state index is 13.3. The number of benzene rings is 2. The van der Waals surface area contributed by atoms with Crippen LogP contribution >= 0.6 is 0 Å². The summed E-state index contributed by atoms with van der Waals surface area (Å²) in [7, 11) is -1.49. The van der Waals surface area contributed by atoms with E-state index in [1.165, 1.54) is 6.07 Å². The second kappa shape index (κ2) is 5.79. The lowest BCUT2D eigenvalue weighted by molar-refractivity contribution is -0.385. The predicted octanol–water partition coefficient (Wildman–Crippen LogP) is 2.62. The van der Waals surface area contributed by atoms with Gasteiger partial charge < -0.3 is 5.73 Å². The van der Waals surface area contributed by atoms with Crippen molar-refractivity contribution < 1.29 is 13.5 Å². The molecule has 0 heterocycles. The smallest absolute Gasteiger partial charge is 0.272 e. The molecule has 0 aromatic heterocycles. The Bertz CT molecular complexity index is 691. The van der Waals surface area contributed by atoms with Crippen molar-refractivity contribution in [3.8, 4) is 0 Å². The van der Waals surface area contributed by atoms with Crippen molar-refractivity contribution >= 4 is 22.2 Å². The third kappa shape index (κ3) is 3.18. The molecular weight excluding hydrogens is 283 g/mol. The first-order chi connectivity index (χ1) is 9.47. The van der Waals surface area contributed by atoms with Gasteiger partial charge in [-0.25, -0.2) is 4.39 Å². The van der Waals surface area contributed by atoms with Gasteiger partial charge in [-0.1, -0.05) is 12.1 Å². The van der Waals surface area contributed by atoms with Crippen LogP contribution in [0.25, 0.3) is 0 Å². The average molecular weight is 294 g/mol. The minimum atomic E-state index is -1.49. The summed E-state index contributed by atoms with van der Waals surface area (Å²) in [6.07, 6.45) is 0. The van der Waals surface area contributed by atoms with E-state index in [0.29, 0.717) is 16.1 Å². The number of hydrogen-bond donors (Lipinski definition) is 1. The van der Waals surface area contributed by atoms with E-state index in [4.69, 9.17) is 5.73 Å². The number of halogens is 1. The van der Waals surface area contributed by atoms with Crippen LogP contribution in [0.15, 0.2) is 47.4 Å². The van der Waals surface area contributed by atoms with Crippen LogP contribution in [0, 0.1) is 15.9 Å². The topological polar surface area (TPSA) is 86.2 Å². The Kier molecular flexibility index (Phi) is 4.09. The summed E-state index contributed by atoms with van der Waals surface area (Å²) >= 11 is 0. The van der Waals surface area contributed by atoms with Gasteiger partial charge >= 0.3 is 0 Å². The monoisotopic (exact) mass is 294 g/mol. The molecule has 1 atom stereocenters. The van der Waals surface area contributed by atoms with E-state index in [2.05, 4.69) is 0 Å². The highest BCUT2D eigenvalue weighted by molar-refractivity contribution is 7.84. The number of rotatable bonds is 4. The highest BCUT2D eigenvalue weighted by atomic mass is 32.2. The Morgan fingerprint density at radius 3 is 2.60 bits per heavy atom. The molecule has 0 fully saturated rings. The van der Waals surface area contributed by atoms with Gasteiger partial charge in [0.15, 0.2) is 0 Å². The predicted molar refractivity (Wildman–Crippen MR) is 74.0 cm³/mol. The first kappa shape index (κ1) is 14.1. The summed E-state index contributed by atoms with van der Waals surface area (Å²) in [4.78, 5) is 10.4. The van der Waals surface area contributed by atoms with E-state index < -0.39 is 21.5 Å². The Labute approximate surface area is 116 Å². The lowest BCUT2D eigenvalue weighted by atomic mass is 10.2. The Morgan fingerprint density at radius 2 is 1.95 bits per heavy atom. The van der Waals surface area contributed by atoms with Gasteiger partial charge in [0.1, 0.15) is 5.82 Å². The second-order valence-corrected chi connectivity index (χ2v) is 5.52. The zero-order valence-electron chi connectivity index (χ0n) is 10.3. The molecule has 104 valence electrons. The minimum absolute atomic E-state index is 0.0349. The molecule has 0 amide bonds. The molecule has 0 aliphatic heterocycles. The normalized spacial score (nSPS) is 12.1. The van der Waals surface area contributed by atoms with Gasteiger partial charge in [-0.3, -0.25) is 14.3 Å². The van der Waals surface area contributed by atoms with Crippen molar-refractivity contribution in [2.75, 3.05) is 5.73 Å². The summed E-state index contributed by atoms with van der Waals surface area (Å²) in [5.74, 6) is -0.764. The molecule has 7 heteroatoms. The molecule has 0 bridgehead atoms. The fraction of sp³-hybridized carbons (Fsp3) is 0.0769. The van der Waals surface area contributed by atoms with Crippen LogP contribution in [0.1, 0.15) is 5.56 Å². The van der Waals surface area contributed by atoms with E-state index in [0.717, 1.165) is 12.1 Å². The molecule has 1 unspecified atom stereocenters. The summed E-state index contributed by atoms with van der Waals surface area (Å²) in [6.45, 7) is 0. The van der Waals surface area contributed by atoms with E-state index in [1.54, 1.807) is 24.3 Å². The number of non-ortho nitro benzene ring substituents is 1. The van der Waals surface area contributed by atoms with Crippen LogP contribution in [0.4, 0.5) is 15.8 Å². The Balaban J connectivity index is 2.28. The molecule has 5 nitrogen and oxygen atoms in total. The third-order valence-electron chi connectivity index (χ3n) is 2.62. The zero-order chi connectivity index (χ0) is 14.7. The lowest BCUT2D eigenvalue weighted by Crippen LogP contribution is -2.01. The number of nitrogens with two attached hydrogens (primary N) is 1. The van der Waals surface area contributed by atoms with Crippen molar-refractivity contribution in [1.29, 1.82) is 0 Å². The summed E-state index contributed by atoms with van der Waals surface area (Å²) in [5, 5.41) is 10.7. The van der Waals surface area contributed by atoms with Gasteiger partial charge in [-0.05, 0) is 23.8 Å². The van der Waals surface area contributed by atoms with Gasteiger partial charge in [-0.15, -0.1) is 0 Å². The molecular formula is C13H11FN2O3S. The number of nitro benzene ring substituents is 1. The van der Waals surface area contributed by atoms with Crippen LogP contribution in [-0.4, -0.2) is 9.13 Å². The van der Waals surface area contributed by atoms with Crippen molar-refractivity contribution in [2.45, 2.75) is 10.6 Å². The van der Waals surface area contributed by atoms with Crippen molar-refractivity contribution in [2.24, 2.45) is 0 Å². The van der Waals surface area contributed by atoms with E-state index >= 15 is 0 Å². The molecule has 2 aromatic carbocycles. The average Bonchev–Trinajstić information content (AvgIpc) is 2.38. The van der Waals surface area contributed by atoms with E-state index in [-0.39, 0.29) is 11.4 Å². The van der Waals surface area contributed by atoms with Gasteiger partial charge in [0.2, 0.25) is 0 Å². The minimum Gasteiger partial charge on any atom is -0.398 e. The van der Waals surface area contributed by atoms with Crippen molar-refractivity contribution in [1.82, 2.24) is 0 Å². The van der Waals surface area contributed by atoms with E-state index in [9.17, 15) is 18.7 Å². The number of nitrogen functional groups attached to an aromatic ring is 1. The second-order valence-electron chi connectivity index (χ2n) is 4.10. The quantitative estimate of drug-likeness (QED) is 0.533. The van der Waals surface area contributed by atoms with Crippen molar-refractivity contribution in [3.05, 3.63) is 64.0 Å². The Hall–Kier alpha value is -2.28. The SMILES string of the molecule is Nc1ccccc1S(=O)Cc1cc(F)cc([N+](=O)[O-])c1. The van der Waals surface area contributed by atoms with Crippen LogP contribution < -0.4 is 5.73 Å². The number of hydrogen-bond acceptors (Lipinski definition) is 4. The molecule has 2 rings (SSSR count). The first-order valence-corrected chi connectivity index (χ1v) is 6.96. The number of anilines is 1. The van der Waals surface area contributed by atoms with E-state index in [1.807, 2.05) is 0 Å². The fourth-order valence-corrected chi connectivity index (χ4v) is 2.93. The van der Waals surface area contributed by atoms with Gasteiger partial charge in [0, 0.05) is 11.8 Å². The largest absolute Gasteiger partial charge is 0.398 e. The number of nitrogens with zero attached hydrogens (tertiary/aromatic N) is 1. The maximum absolute atomic E-state index is 13.3. The third-order valence-corrected chi connectivity index (χ3v) is 4.07. The summed E-state index contributed by atoms with van der Waals surface area (Å²) in [6, 6.07) is 9.79. The molecule has 2 N–H and O–H groups in total. The molecule has 20 heavy (non-hydrogen) atoms. The maximum Gasteiger partial charge on any atom is 0.272 e. The number of para-hydroxylation sites is 1. The van der Waals surface area contributed by atoms with Crippen LogP contribution in [0.2, 0.25) is 0 Å². The molecule has 0 aliphatic carbocycles. The van der Waals surface area contributed by atoms with Gasteiger partial charge in [0.05, 0.1) is 32.4 Å². The standard InChI is InChI=1S/C13H11FN2O3S/c14-10-5-9(6-11(7-10)16(17)18)8-20(19)13-4-2-1-3-12(13)15/h1-7H,8,15H2. The Morgan fingerprint density at radius 1 is 1.25 bits per heavy atom. The van der Waals surface area contributed by atoms with Crippen LogP contribution in [0.5, 0.6) is 0 Å². The van der Waals surface area contributed by atoms with Gasteiger partial charge in [-0.2, -0.15) is 0 Å². The number of nitro groups is 1. The molecule has 0 radical (unpaired) electrons. The molecule has 0 aliphatic rings. The van der Waals surface area contributed by atoms with Crippen LogP contribution in [0.3, 0.4) is 0 Å². The van der Waals surface area contributed by atoms with Gasteiger partial charge in [0.25, 0.3) is 5.69 Å². The zero-order valence-corrected chi connectivity index (χ0v) is 11.1. The van der Waals surface area contributed by atoms with Crippen molar-refractivity contribution in [3.63, 3.8) is 0 Å². The molecule has 2 aromatic rings. The first-order valence-electron chi connectivity index (χ1n) is 5.64. The highest BCUT2D eigenvalue weighted by Crippen LogP contribution is 2.22. The van der Waals surface area contributed by atoms with Crippen LogP contribution in [-0.2, 0) is 16.6 Å². The molecule has 0 saturated heterocycles. The molecule has 0 spiro atoms. The highest BCUT2D eigenvalue weighted by Gasteiger charge is 2.13. The lowest BCUT2D eigenvalue weighted by Gasteiger charge is -2.06. The summed E-state index contributed by atoms with van der Waals surface area (Å²) < 4.78 is 25.5. The summed E-state index contributed by atoms with van der Waals surface area (Å²) in [5.41, 5.74) is 6.01. The molecule has 0 saturated carbocycles. The fourth-order valence-electron chi connectivity index (χ4n) is 1.74.